The molecule has 0 aliphatic rings. The van der Waals surface area contributed by atoms with Gasteiger partial charge in [-0.15, -0.1) is 0 Å². The van der Waals surface area contributed by atoms with E-state index in [-0.39, 0.29) is 67.5 Å². The van der Waals surface area contributed by atoms with Crippen molar-refractivity contribution >= 4 is 20.8 Å². The van der Waals surface area contributed by atoms with Crippen molar-refractivity contribution in [3.05, 3.63) is 0 Å². The molecule has 1 atom stereocenters. The van der Waals surface area contributed by atoms with Gasteiger partial charge in [0.15, 0.2) is 0 Å². The third kappa shape index (κ3) is 38.6. The van der Waals surface area contributed by atoms with Gasteiger partial charge in [-0.05, 0) is 18.8 Å². The normalized spacial score (nSPS) is 12.2. The van der Waals surface area contributed by atoms with E-state index in [0.717, 1.165) is 38.5 Å². The SMILES string of the molecule is CCCCC(CC)COS(=O)(=O)[O-].CCCCCCCCCCCCOS(=O)(=O)[O-].[Li+].[Na+]. The van der Waals surface area contributed by atoms with Crippen LogP contribution in [0, 0.1) is 5.92 Å². The largest absolute Gasteiger partial charge is 1.00 e. The molecule has 0 radical (unpaired) electrons. The van der Waals surface area contributed by atoms with Crippen LogP contribution >= 0.6 is 0 Å². The molecule has 0 bridgehead atoms. The summed E-state index contributed by atoms with van der Waals surface area (Å²) in [6, 6.07) is 0. The zero-order chi connectivity index (χ0) is 23.3. The second kappa shape index (κ2) is 26.9. The molecular weight excluding hydrogens is 462 g/mol. The van der Waals surface area contributed by atoms with Crippen LogP contribution in [-0.4, -0.2) is 39.2 Å². The second-order valence-corrected chi connectivity index (χ2v) is 9.63. The third-order valence-electron chi connectivity index (χ3n) is 4.72. The molecule has 0 spiro atoms. The summed E-state index contributed by atoms with van der Waals surface area (Å²) in [5, 5.41) is 0. The first-order valence-electron chi connectivity index (χ1n) is 11.3. The average molecular weight is 505 g/mol. The van der Waals surface area contributed by atoms with E-state index in [0.29, 0.717) is 6.42 Å². The molecule has 184 valence electrons. The maximum Gasteiger partial charge on any atom is 1.00 e. The Bertz CT molecular complexity index is 574. The Labute approximate surface area is 231 Å². The van der Waals surface area contributed by atoms with Gasteiger partial charge in [-0.3, -0.25) is 8.37 Å². The van der Waals surface area contributed by atoms with Gasteiger partial charge in [0, 0.05) is 0 Å². The zero-order valence-electron chi connectivity index (χ0n) is 21.0. The van der Waals surface area contributed by atoms with E-state index in [4.69, 9.17) is 0 Å². The Hall–Kier alpha value is 1.34. The van der Waals surface area contributed by atoms with Gasteiger partial charge in [-0.25, -0.2) is 16.8 Å². The van der Waals surface area contributed by atoms with Gasteiger partial charge < -0.3 is 9.11 Å². The molecule has 0 aliphatic carbocycles. The van der Waals surface area contributed by atoms with E-state index in [2.05, 4.69) is 22.2 Å². The maximum atomic E-state index is 10.1. The predicted octanol–water partition coefficient (Wildman–Crippen LogP) is -0.928. The number of unbranched alkanes of at least 4 members (excludes halogenated alkanes) is 10. The van der Waals surface area contributed by atoms with Crippen molar-refractivity contribution < 1.29 is 82.7 Å². The minimum absolute atomic E-state index is 0. The van der Waals surface area contributed by atoms with Crippen molar-refractivity contribution in [3.63, 3.8) is 0 Å². The van der Waals surface area contributed by atoms with Crippen molar-refractivity contribution in [3.8, 4) is 0 Å². The Balaban J connectivity index is -0.000000238. The summed E-state index contributed by atoms with van der Waals surface area (Å²) in [5.41, 5.74) is 0. The quantitative estimate of drug-likeness (QED) is 0.0954. The molecule has 0 saturated heterocycles. The molecule has 0 aliphatic heterocycles. The molecule has 0 heterocycles. The van der Waals surface area contributed by atoms with Gasteiger partial charge in [-0.2, -0.15) is 0 Å². The summed E-state index contributed by atoms with van der Waals surface area (Å²) >= 11 is 0. The van der Waals surface area contributed by atoms with Crippen LogP contribution in [0.1, 0.15) is 111 Å². The summed E-state index contributed by atoms with van der Waals surface area (Å²) in [5.74, 6) is 0.184. The molecule has 0 rings (SSSR count). The average Bonchev–Trinajstić information content (AvgIpc) is 2.65. The van der Waals surface area contributed by atoms with Gasteiger partial charge in [0.2, 0.25) is 20.8 Å². The van der Waals surface area contributed by atoms with Crippen molar-refractivity contribution in [2.75, 3.05) is 13.2 Å². The minimum Gasteiger partial charge on any atom is -0.726 e. The summed E-state index contributed by atoms with van der Waals surface area (Å²) in [4.78, 5) is 0. The fourth-order valence-electron chi connectivity index (χ4n) is 2.83. The van der Waals surface area contributed by atoms with E-state index >= 15 is 0 Å². The molecule has 8 nitrogen and oxygen atoms in total. The molecule has 1 unspecified atom stereocenters. The monoisotopic (exact) mass is 504 g/mol. The van der Waals surface area contributed by atoms with Crippen LogP contribution in [0.2, 0.25) is 0 Å². The summed E-state index contributed by atoms with van der Waals surface area (Å²) in [6.07, 6.45) is 15.6. The van der Waals surface area contributed by atoms with E-state index in [1.165, 1.54) is 44.9 Å². The van der Waals surface area contributed by atoms with Crippen LogP contribution in [0.5, 0.6) is 0 Å². The van der Waals surface area contributed by atoms with Crippen LogP contribution in [-0.2, 0) is 29.2 Å². The molecule has 0 fully saturated rings. The van der Waals surface area contributed by atoms with Crippen LogP contribution < -0.4 is 48.4 Å². The minimum atomic E-state index is -4.50. The molecule has 0 aromatic carbocycles. The fraction of sp³-hybridized carbons (Fsp3) is 1.00. The maximum absolute atomic E-state index is 10.1. The molecule has 0 N–H and O–H groups in total. The smallest absolute Gasteiger partial charge is 0.726 e. The zero-order valence-corrected chi connectivity index (χ0v) is 24.6. The summed E-state index contributed by atoms with van der Waals surface area (Å²) in [6.45, 7) is 6.30. The van der Waals surface area contributed by atoms with Crippen LogP contribution in [0.15, 0.2) is 0 Å². The first kappa shape index (κ1) is 40.5. The second-order valence-electron chi connectivity index (χ2n) is 7.52. The van der Waals surface area contributed by atoms with Crippen molar-refractivity contribution in [1.82, 2.24) is 0 Å². The molecule has 0 amide bonds. The van der Waals surface area contributed by atoms with Gasteiger partial charge >= 0.3 is 48.4 Å². The van der Waals surface area contributed by atoms with E-state index in [9.17, 15) is 25.9 Å². The molecule has 12 heteroatoms. The van der Waals surface area contributed by atoms with Gasteiger partial charge in [-0.1, -0.05) is 97.8 Å². The van der Waals surface area contributed by atoms with Crippen molar-refractivity contribution in [2.45, 2.75) is 111 Å². The molecular formula is C20H42LiNaO8S2. The Morgan fingerprint density at radius 3 is 1.44 bits per heavy atom. The first-order chi connectivity index (χ1) is 14.1. The van der Waals surface area contributed by atoms with Crippen LogP contribution in [0.3, 0.4) is 0 Å². The fourth-order valence-corrected chi connectivity index (χ4v) is 3.51. The Kier molecular flexibility index (Phi) is 34.1. The van der Waals surface area contributed by atoms with E-state index in [1.807, 2.05) is 6.92 Å². The third-order valence-corrected chi connectivity index (χ3v) is 5.60. The van der Waals surface area contributed by atoms with E-state index in [1.54, 1.807) is 0 Å². The Morgan fingerprint density at radius 1 is 0.656 bits per heavy atom. The number of hydrogen-bond acceptors (Lipinski definition) is 8. The van der Waals surface area contributed by atoms with E-state index < -0.39 is 20.8 Å². The van der Waals surface area contributed by atoms with Crippen LogP contribution in [0.25, 0.3) is 0 Å². The van der Waals surface area contributed by atoms with Crippen LogP contribution in [0.4, 0.5) is 0 Å². The van der Waals surface area contributed by atoms with Crippen molar-refractivity contribution in [2.24, 2.45) is 5.92 Å². The molecule has 32 heavy (non-hydrogen) atoms. The topological polar surface area (TPSA) is 133 Å². The first-order valence-corrected chi connectivity index (χ1v) is 13.9. The number of hydrogen-bond donors (Lipinski definition) is 0. The van der Waals surface area contributed by atoms with Gasteiger partial charge in [0.05, 0.1) is 13.2 Å². The standard InChI is InChI=1S/C12H26O4S.C8H18O4S.Li.Na/c1-2-3-4-5-6-7-8-9-10-11-12-16-17(13,14)15;1-3-5-6-8(4-2)7-12-13(9,10)11;;/h2-12H2,1H3,(H,13,14,15);8H,3-7H2,1-2H3,(H,9,10,11);;/q;;2*+1/p-2. The summed E-state index contributed by atoms with van der Waals surface area (Å²) in [7, 11) is -8.99. The Morgan fingerprint density at radius 2 is 1.06 bits per heavy atom. The number of rotatable bonds is 19. The molecule has 0 aromatic heterocycles. The van der Waals surface area contributed by atoms with Gasteiger partial charge in [0.1, 0.15) is 0 Å². The predicted molar refractivity (Wildman–Crippen MR) is 116 cm³/mol. The van der Waals surface area contributed by atoms with Crippen molar-refractivity contribution in [1.29, 1.82) is 0 Å². The summed E-state index contributed by atoms with van der Waals surface area (Å²) < 4.78 is 69.1. The molecule has 0 aromatic rings. The molecule has 0 saturated carbocycles. The van der Waals surface area contributed by atoms with Gasteiger partial charge in [0.25, 0.3) is 0 Å².